The van der Waals surface area contributed by atoms with E-state index in [-0.39, 0.29) is 11.6 Å². The molecule has 1 aromatic heterocycles. The number of methoxy groups -OCH3 is 1. The van der Waals surface area contributed by atoms with Crippen LogP contribution in [-0.4, -0.2) is 34.3 Å². The summed E-state index contributed by atoms with van der Waals surface area (Å²) in [6.07, 6.45) is 2.70. The maximum atomic E-state index is 11.4. The lowest BCUT2D eigenvalue weighted by molar-refractivity contribution is 0.0699. The lowest BCUT2D eigenvalue weighted by Gasteiger charge is -2.19. The number of rotatable bonds is 7. The summed E-state index contributed by atoms with van der Waals surface area (Å²) in [6, 6.07) is 5.49. The zero-order valence-corrected chi connectivity index (χ0v) is 12.8. The Hall–Kier alpha value is -1.88. The monoisotopic (exact) mass is 290 g/mol. The fourth-order valence-electron chi connectivity index (χ4n) is 2.71. The third kappa shape index (κ3) is 2.93. The second kappa shape index (κ2) is 6.72. The number of para-hydroxylation sites is 1. The lowest BCUT2D eigenvalue weighted by Crippen LogP contribution is -2.16. The van der Waals surface area contributed by atoms with Crippen LogP contribution in [0.25, 0.3) is 11.0 Å². The van der Waals surface area contributed by atoms with Gasteiger partial charge in [0.25, 0.3) is 0 Å². The van der Waals surface area contributed by atoms with Crippen molar-refractivity contribution in [2.24, 2.45) is 0 Å². The van der Waals surface area contributed by atoms with Crippen molar-refractivity contribution in [3.63, 3.8) is 0 Å². The fourth-order valence-corrected chi connectivity index (χ4v) is 2.71. The molecular weight excluding hydrogens is 268 g/mol. The van der Waals surface area contributed by atoms with Crippen LogP contribution < -0.4 is 0 Å². The van der Waals surface area contributed by atoms with E-state index in [9.17, 15) is 9.90 Å². The normalized spacial score (nSPS) is 12.7. The summed E-state index contributed by atoms with van der Waals surface area (Å²) in [5.74, 6) is -0.00168. The van der Waals surface area contributed by atoms with Crippen molar-refractivity contribution in [1.29, 1.82) is 0 Å². The number of imidazole rings is 1. The lowest BCUT2D eigenvalue weighted by atomic mass is 10.1. The van der Waals surface area contributed by atoms with Crippen molar-refractivity contribution in [1.82, 2.24) is 9.55 Å². The van der Waals surface area contributed by atoms with Crippen molar-refractivity contribution in [2.75, 3.05) is 13.7 Å². The molecule has 2 aromatic rings. The topological polar surface area (TPSA) is 64.3 Å². The molecule has 1 heterocycles. The van der Waals surface area contributed by atoms with Crippen LogP contribution in [0.4, 0.5) is 0 Å². The van der Waals surface area contributed by atoms with Crippen molar-refractivity contribution in [2.45, 2.75) is 39.2 Å². The van der Waals surface area contributed by atoms with Gasteiger partial charge >= 0.3 is 5.97 Å². The third-order valence-electron chi connectivity index (χ3n) is 3.69. The van der Waals surface area contributed by atoms with E-state index in [1.807, 2.05) is 6.07 Å². The number of carbonyl (C=O) groups is 1. The number of fused-ring (bicyclic) bond motifs is 1. The molecule has 21 heavy (non-hydrogen) atoms. The van der Waals surface area contributed by atoms with Crippen molar-refractivity contribution in [3.05, 3.63) is 29.6 Å². The summed E-state index contributed by atoms with van der Waals surface area (Å²) in [5, 5.41) is 9.34. The van der Waals surface area contributed by atoms with Crippen LogP contribution in [0.15, 0.2) is 18.2 Å². The molecule has 5 heteroatoms. The van der Waals surface area contributed by atoms with Crippen LogP contribution in [0, 0.1) is 0 Å². The molecule has 0 saturated carbocycles. The van der Waals surface area contributed by atoms with Crippen molar-refractivity contribution < 1.29 is 14.6 Å². The highest BCUT2D eigenvalue weighted by molar-refractivity contribution is 6.01. The Bertz CT molecular complexity index is 634. The number of nitrogens with zero attached hydrogens (tertiary/aromatic N) is 2. The largest absolute Gasteiger partial charge is 0.478 e. The molecule has 0 aliphatic heterocycles. The first-order chi connectivity index (χ1) is 10.1. The maximum absolute atomic E-state index is 11.4. The van der Waals surface area contributed by atoms with Crippen LogP contribution >= 0.6 is 0 Å². The van der Waals surface area contributed by atoms with E-state index < -0.39 is 5.97 Å². The van der Waals surface area contributed by atoms with Crippen LogP contribution in [0.2, 0.25) is 0 Å². The molecule has 1 N–H and O–H groups in total. The third-order valence-corrected chi connectivity index (χ3v) is 3.69. The number of carboxylic acids is 1. The highest BCUT2D eigenvalue weighted by Crippen LogP contribution is 2.26. The van der Waals surface area contributed by atoms with Gasteiger partial charge in [-0.15, -0.1) is 0 Å². The highest BCUT2D eigenvalue weighted by Gasteiger charge is 2.20. The predicted octanol–water partition coefficient (Wildman–Crippen LogP) is 3.28. The molecule has 0 fully saturated rings. The van der Waals surface area contributed by atoms with Gasteiger partial charge < -0.3 is 14.4 Å². The molecule has 2 rings (SSSR count). The van der Waals surface area contributed by atoms with Crippen molar-refractivity contribution in [3.8, 4) is 0 Å². The molecular formula is C16H22N2O3. The number of hydrogen-bond acceptors (Lipinski definition) is 3. The molecule has 1 unspecified atom stereocenters. The van der Waals surface area contributed by atoms with E-state index in [2.05, 4.69) is 23.4 Å². The van der Waals surface area contributed by atoms with Gasteiger partial charge in [0.15, 0.2) is 0 Å². The quantitative estimate of drug-likeness (QED) is 0.850. The van der Waals surface area contributed by atoms with Gasteiger partial charge in [0.2, 0.25) is 0 Å². The molecule has 1 atom stereocenters. The van der Waals surface area contributed by atoms with Crippen LogP contribution in [0.3, 0.4) is 0 Å². The average Bonchev–Trinajstić information content (AvgIpc) is 2.83. The number of ether oxygens (including phenoxy) is 1. The molecule has 0 amide bonds. The minimum Gasteiger partial charge on any atom is -0.478 e. The standard InChI is InChI=1S/C16H22N2O3/c1-4-7-14-17-15-12(16(19)20)8-6-9-13(15)18(14)11(5-2)10-21-3/h6,8-9,11H,4-5,7,10H2,1-3H3,(H,19,20). The van der Waals surface area contributed by atoms with Gasteiger partial charge in [0.05, 0.1) is 23.7 Å². The van der Waals surface area contributed by atoms with Crippen LogP contribution in [0.1, 0.15) is 48.9 Å². The minimum absolute atomic E-state index is 0.172. The first-order valence-electron chi connectivity index (χ1n) is 7.36. The summed E-state index contributed by atoms with van der Waals surface area (Å²) in [5.41, 5.74) is 1.71. The minimum atomic E-state index is -0.937. The van der Waals surface area contributed by atoms with E-state index in [1.54, 1.807) is 19.2 Å². The van der Waals surface area contributed by atoms with Crippen molar-refractivity contribution >= 4 is 17.0 Å². The molecule has 5 nitrogen and oxygen atoms in total. The average molecular weight is 290 g/mol. The van der Waals surface area contributed by atoms with Gasteiger partial charge in [0, 0.05) is 13.5 Å². The van der Waals surface area contributed by atoms with Crippen LogP contribution in [0.5, 0.6) is 0 Å². The van der Waals surface area contributed by atoms with Crippen LogP contribution in [-0.2, 0) is 11.2 Å². The first kappa shape index (κ1) is 15.5. The Morgan fingerprint density at radius 2 is 2.19 bits per heavy atom. The molecule has 0 aliphatic rings. The van der Waals surface area contributed by atoms with E-state index >= 15 is 0 Å². The molecule has 0 saturated heterocycles. The Kier molecular flexibility index (Phi) is 4.96. The predicted molar refractivity (Wildman–Crippen MR) is 81.9 cm³/mol. The summed E-state index contributed by atoms with van der Waals surface area (Å²) in [4.78, 5) is 16.0. The Morgan fingerprint density at radius 1 is 1.43 bits per heavy atom. The Balaban J connectivity index is 2.68. The molecule has 0 aliphatic carbocycles. The van der Waals surface area contributed by atoms with Gasteiger partial charge in [-0.2, -0.15) is 0 Å². The van der Waals surface area contributed by atoms with E-state index in [0.29, 0.717) is 12.1 Å². The summed E-state index contributed by atoms with van der Waals surface area (Å²) < 4.78 is 7.46. The van der Waals surface area contributed by atoms with Gasteiger partial charge in [-0.05, 0) is 25.0 Å². The van der Waals surface area contributed by atoms with E-state index in [0.717, 1.165) is 30.6 Å². The molecule has 0 spiro atoms. The molecule has 1 aromatic carbocycles. The van der Waals surface area contributed by atoms with Gasteiger partial charge in [-0.1, -0.05) is 19.9 Å². The summed E-state index contributed by atoms with van der Waals surface area (Å²) >= 11 is 0. The molecule has 114 valence electrons. The zero-order valence-electron chi connectivity index (χ0n) is 12.8. The van der Waals surface area contributed by atoms with Gasteiger partial charge in [-0.3, -0.25) is 0 Å². The summed E-state index contributed by atoms with van der Waals surface area (Å²) in [7, 11) is 1.68. The first-order valence-corrected chi connectivity index (χ1v) is 7.36. The Labute approximate surface area is 124 Å². The molecule has 0 radical (unpaired) electrons. The fraction of sp³-hybridized carbons (Fsp3) is 0.500. The van der Waals surface area contributed by atoms with Gasteiger partial charge in [0.1, 0.15) is 11.3 Å². The second-order valence-corrected chi connectivity index (χ2v) is 5.14. The summed E-state index contributed by atoms with van der Waals surface area (Å²) in [6.45, 7) is 4.79. The van der Waals surface area contributed by atoms with Gasteiger partial charge in [-0.25, -0.2) is 9.78 Å². The number of aryl methyl sites for hydroxylation is 1. The smallest absolute Gasteiger partial charge is 0.337 e. The number of benzene rings is 1. The number of hydrogen-bond donors (Lipinski definition) is 1. The van der Waals surface area contributed by atoms with E-state index in [4.69, 9.17) is 4.74 Å². The number of carboxylic acid groups (broad SMARTS) is 1. The molecule has 0 bridgehead atoms. The SMILES string of the molecule is CCCc1nc2c(C(=O)O)cccc2n1C(CC)COC. The Morgan fingerprint density at radius 3 is 2.76 bits per heavy atom. The second-order valence-electron chi connectivity index (χ2n) is 5.14. The van der Waals surface area contributed by atoms with E-state index in [1.165, 1.54) is 0 Å². The maximum Gasteiger partial charge on any atom is 0.337 e. The highest BCUT2D eigenvalue weighted by atomic mass is 16.5. The zero-order chi connectivity index (χ0) is 15.4. The number of aromatic nitrogens is 2. The number of aromatic carboxylic acids is 1.